The first-order chi connectivity index (χ1) is 16.6. The van der Waals surface area contributed by atoms with Gasteiger partial charge in [-0.15, -0.1) is 0 Å². The SMILES string of the molecule is CNCC(O)COc1cccc(-c2nc(N[C@@H]3CC[C@H](I)COC3)c3cnn(C4CC4)c3n2)c1. The average molecular weight is 578 g/mol. The molecule has 3 aromatic rings. The monoisotopic (exact) mass is 578 g/mol. The molecule has 3 atom stereocenters. The van der Waals surface area contributed by atoms with Crippen molar-refractivity contribution >= 4 is 39.4 Å². The molecule has 0 radical (unpaired) electrons. The van der Waals surface area contributed by atoms with E-state index >= 15 is 0 Å². The van der Waals surface area contributed by atoms with Crippen molar-refractivity contribution in [3.8, 4) is 17.1 Å². The first kappa shape index (κ1) is 23.7. The number of aliphatic hydroxyl groups excluding tert-OH is 1. The van der Waals surface area contributed by atoms with Crippen molar-refractivity contribution in [2.24, 2.45) is 0 Å². The van der Waals surface area contributed by atoms with E-state index in [0.29, 0.717) is 34.7 Å². The average Bonchev–Trinajstić information content (AvgIpc) is 3.62. The summed E-state index contributed by atoms with van der Waals surface area (Å²) in [4.78, 5) is 9.84. The molecule has 2 fully saturated rings. The van der Waals surface area contributed by atoms with Crippen LogP contribution in [0.1, 0.15) is 31.7 Å². The van der Waals surface area contributed by atoms with Crippen molar-refractivity contribution < 1.29 is 14.6 Å². The molecule has 1 aromatic carbocycles. The molecular formula is C24H31IN6O3. The number of nitrogens with one attached hydrogen (secondary N) is 2. The van der Waals surface area contributed by atoms with Crippen LogP contribution in [0.3, 0.4) is 0 Å². The molecule has 0 amide bonds. The number of halogens is 1. The van der Waals surface area contributed by atoms with E-state index in [2.05, 4.69) is 38.3 Å². The lowest BCUT2D eigenvalue weighted by Gasteiger charge is -2.18. The fourth-order valence-corrected chi connectivity index (χ4v) is 4.77. The van der Waals surface area contributed by atoms with E-state index in [1.807, 2.05) is 35.1 Å². The Morgan fingerprint density at radius 1 is 1.24 bits per heavy atom. The van der Waals surface area contributed by atoms with Gasteiger partial charge in [-0.05, 0) is 44.9 Å². The Hall–Kier alpha value is -2.02. The number of rotatable bonds is 9. The van der Waals surface area contributed by atoms with Gasteiger partial charge in [0.1, 0.15) is 24.3 Å². The van der Waals surface area contributed by atoms with Gasteiger partial charge >= 0.3 is 0 Å². The third-order valence-corrected chi connectivity index (χ3v) is 7.09. The summed E-state index contributed by atoms with van der Waals surface area (Å²) in [5, 5.41) is 22.1. The number of alkyl halides is 1. The Balaban J connectivity index is 1.45. The molecule has 3 N–H and O–H groups in total. The van der Waals surface area contributed by atoms with Crippen LogP contribution in [0.5, 0.6) is 5.75 Å². The summed E-state index contributed by atoms with van der Waals surface area (Å²) in [5.41, 5.74) is 1.71. The molecule has 1 saturated carbocycles. The van der Waals surface area contributed by atoms with Crippen LogP contribution in [0.2, 0.25) is 0 Å². The Kier molecular flexibility index (Phi) is 7.47. The molecule has 1 unspecified atom stereocenters. The van der Waals surface area contributed by atoms with Crippen molar-refractivity contribution in [2.45, 2.75) is 47.8 Å². The zero-order valence-corrected chi connectivity index (χ0v) is 21.4. The van der Waals surface area contributed by atoms with Crippen molar-refractivity contribution in [1.82, 2.24) is 25.1 Å². The van der Waals surface area contributed by atoms with Gasteiger partial charge in [0.2, 0.25) is 0 Å². The van der Waals surface area contributed by atoms with E-state index in [-0.39, 0.29) is 12.6 Å². The molecule has 3 heterocycles. The van der Waals surface area contributed by atoms with Crippen LogP contribution in [-0.4, -0.2) is 74.3 Å². The highest BCUT2D eigenvalue weighted by Gasteiger charge is 2.28. The number of aromatic nitrogens is 4. The Labute approximate surface area is 212 Å². The van der Waals surface area contributed by atoms with Gasteiger partial charge in [-0.2, -0.15) is 5.10 Å². The molecule has 0 spiro atoms. The summed E-state index contributed by atoms with van der Waals surface area (Å²) in [5.74, 6) is 2.09. The quantitative estimate of drug-likeness (QED) is 0.263. The van der Waals surface area contributed by atoms with Crippen molar-refractivity contribution in [3.05, 3.63) is 30.5 Å². The van der Waals surface area contributed by atoms with Crippen LogP contribution < -0.4 is 15.4 Å². The van der Waals surface area contributed by atoms with E-state index < -0.39 is 6.10 Å². The van der Waals surface area contributed by atoms with Crippen LogP contribution in [0.15, 0.2) is 30.5 Å². The second-order valence-electron chi connectivity index (χ2n) is 9.06. The van der Waals surface area contributed by atoms with Gasteiger partial charge in [-0.3, -0.25) is 0 Å². The third-order valence-electron chi connectivity index (χ3n) is 6.11. The lowest BCUT2D eigenvalue weighted by Crippen LogP contribution is -2.29. The van der Waals surface area contributed by atoms with E-state index in [9.17, 15) is 5.11 Å². The number of benzene rings is 1. The van der Waals surface area contributed by atoms with Gasteiger partial charge in [-0.1, -0.05) is 34.7 Å². The summed E-state index contributed by atoms with van der Waals surface area (Å²) >= 11 is 2.46. The van der Waals surface area contributed by atoms with E-state index in [1.165, 1.54) is 0 Å². The Morgan fingerprint density at radius 2 is 2.12 bits per heavy atom. The first-order valence-electron chi connectivity index (χ1n) is 11.9. The summed E-state index contributed by atoms with van der Waals surface area (Å²) < 4.78 is 14.3. The van der Waals surface area contributed by atoms with Crippen LogP contribution in [0.4, 0.5) is 5.82 Å². The standard InChI is InChI=1S/C24H31IN6O3/c1-26-10-19(32)14-34-20-4-2-3-15(9-20)22-29-23(28-17-6-5-16(25)12-33-13-17)21-11-27-31(18-7-8-18)24(21)30-22/h2-4,9,11,16-19,26,32H,5-8,10,12-14H2,1H3,(H,28,29,30)/t16-,17+,19?/m0/s1. The minimum Gasteiger partial charge on any atom is -0.491 e. The number of hydrogen-bond acceptors (Lipinski definition) is 8. The van der Waals surface area contributed by atoms with Gasteiger partial charge < -0.3 is 25.2 Å². The highest BCUT2D eigenvalue weighted by molar-refractivity contribution is 14.1. The molecule has 9 nitrogen and oxygen atoms in total. The van der Waals surface area contributed by atoms with Gasteiger partial charge in [0.05, 0.1) is 36.9 Å². The number of aliphatic hydroxyl groups is 1. The van der Waals surface area contributed by atoms with Crippen molar-refractivity contribution in [2.75, 3.05) is 38.7 Å². The van der Waals surface area contributed by atoms with Crippen LogP contribution in [0.25, 0.3) is 22.4 Å². The molecule has 182 valence electrons. The molecule has 5 rings (SSSR count). The second-order valence-corrected chi connectivity index (χ2v) is 10.8. The van der Waals surface area contributed by atoms with Gasteiger partial charge in [0.25, 0.3) is 0 Å². The number of likely N-dealkylation sites (N-methyl/N-ethyl adjacent to an activating group) is 1. The van der Waals surface area contributed by atoms with Crippen molar-refractivity contribution in [1.29, 1.82) is 0 Å². The zero-order valence-electron chi connectivity index (χ0n) is 19.3. The molecule has 2 aromatic heterocycles. The van der Waals surface area contributed by atoms with E-state index in [0.717, 1.165) is 54.7 Å². The summed E-state index contributed by atoms with van der Waals surface area (Å²) in [6.45, 7) is 2.14. The third kappa shape index (κ3) is 5.61. The highest BCUT2D eigenvalue weighted by atomic mass is 127. The second kappa shape index (κ2) is 10.7. The Morgan fingerprint density at radius 3 is 2.94 bits per heavy atom. The molecule has 1 aliphatic carbocycles. The maximum Gasteiger partial charge on any atom is 0.164 e. The topological polar surface area (TPSA) is 106 Å². The number of hydrogen-bond donors (Lipinski definition) is 3. The largest absolute Gasteiger partial charge is 0.491 e. The minimum absolute atomic E-state index is 0.193. The predicted molar refractivity (Wildman–Crippen MR) is 140 cm³/mol. The highest BCUT2D eigenvalue weighted by Crippen LogP contribution is 2.38. The molecule has 1 aliphatic heterocycles. The maximum absolute atomic E-state index is 9.97. The van der Waals surface area contributed by atoms with Crippen LogP contribution in [0, 0.1) is 0 Å². The van der Waals surface area contributed by atoms with E-state index in [1.54, 1.807) is 7.05 Å². The van der Waals surface area contributed by atoms with Gasteiger partial charge in [0, 0.05) is 16.0 Å². The molecule has 0 bridgehead atoms. The fourth-order valence-electron chi connectivity index (χ4n) is 4.16. The predicted octanol–water partition coefficient (Wildman–Crippen LogP) is 3.18. The minimum atomic E-state index is -0.575. The van der Waals surface area contributed by atoms with Crippen molar-refractivity contribution in [3.63, 3.8) is 0 Å². The molecule has 10 heteroatoms. The van der Waals surface area contributed by atoms with Crippen LogP contribution in [-0.2, 0) is 4.74 Å². The normalized spacial score (nSPS) is 21.9. The zero-order chi connectivity index (χ0) is 23.5. The first-order valence-corrected chi connectivity index (χ1v) is 13.1. The summed E-state index contributed by atoms with van der Waals surface area (Å²) in [6.07, 6.45) is 5.70. The smallest absolute Gasteiger partial charge is 0.164 e. The number of nitrogens with zero attached hydrogens (tertiary/aromatic N) is 4. The van der Waals surface area contributed by atoms with E-state index in [4.69, 9.17) is 19.4 Å². The number of anilines is 1. The lowest BCUT2D eigenvalue weighted by molar-refractivity contribution is 0.108. The summed E-state index contributed by atoms with van der Waals surface area (Å²) in [6, 6.07) is 8.31. The molecule has 1 saturated heterocycles. The number of ether oxygens (including phenoxy) is 2. The molecule has 34 heavy (non-hydrogen) atoms. The summed E-state index contributed by atoms with van der Waals surface area (Å²) in [7, 11) is 1.80. The molecular weight excluding hydrogens is 547 g/mol. The fraction of sp³-hybridized carbons (Fsp3) is 0.542. The van der Waals surface area contributed by atoms with Gasteiger partial charge in [0.15, 0.2) is 11.5 Å². The maximum atomic E-state index is 9.97. The Bertz CT molecular complexity index is 1120. The molecule has 2 aliphatic rings. The van der Waals surface area contributed by atoms with Crippen LogP contribution >= 0.6 is 22.6 Å². The lowest BCUT2D eigenvalue weighted by atomic mass is 10.1. The van der Waals surface area contributed by atoms with Gasteiger partial charge in [-0.25, -0.2) is 14.6 Å². The number of fused-ring (bicyclic) bond motifs is 1.